The molecule has 0 radical (unpaired) electrons. The van der Waals surface area contributed by atoms with E-state index in [1.807, 2.05) is 48.5 Å². The van der Waals surface area contributed by atoms with Crippen LogP contribution in [0, 0.1) is 10.8 Å². The van der Waals surface area contributed by atoms with Crippen LogP contribution in [0.5, 0.6) is 46.0 Å². The number of anilines is 12. The predicted molar refractivity (Wildman–Crippen MR) is 450 cm³/mol. The maximum Gasteiger partial charge on any atom is 0.119 e. The van der Waals surface area contributed by atoms with Gasteiger partial charge in [-0.05, 0) is 297 Å². The number of nitrogens with zero attached hydrogens (tertiary/aromatic N) is 4. The molecule has 0 amide bonds. The van der Waals surface area contributed by atoms with Crippen molar-refractivity contribution in [2.75, 3.05) is 76.5 Å². The quantitative estimate of drug-likeness (QED) is 0.0687. The molecule has 14 aromatic rings. The average Bonchev–Trinajstić information content (AvgIpc) is 1.45. The fourth-order valence-electron chi connectivity index (χ4n) is 18.1. The maximum atomic E-state index is 5.92. The summed E-state index contributed by atoms with van der Waals surface area (Å²) in [6.45, 7) is 15.0. The second-order valence-electron chi connectivity index (χ2n) is 30.1. The zero-order valence-electron chi connectivity index (χ0n) is 64.8. The van der Waals surface area contributed by atoms with Gasteiger partial charge in [0.15, 0.2) is 0 Å². The zero-order valence-corrected chi connectivity index (χ0v) is 64.8. The van der Waals surface area contributed by atoms with Crippen molar-refractivity contribution in [3.63, 3.8) is 0 Å². The molecule has 14 aromatic carbocycles. The lowest BCUT2D eigenvalue weighted by molar-refractivity contribution is 0.0595. The average molecular weight is 1450 g/mol. The summed E-state index contributed by atoms with van der Waals surface area (Å²) in [4.78, 5) is 9.60. The smallest absolute Gasteiger partial charge is 0.119 e. The Labute approximate surface area is 645 Å². The highest BCUT2D eigenvalue weighted by molar-refractivity contribution is 6.14. The van der Waals surface area contributed by atoms with Crippen LogP contribution in [0.2, 0.25) is 0 Å². The van der Waals surface area contributed by atoms with E-state index in [0.717, 1.165) is 158 Å². The van der Waals surface area contributed by atoms with Gasteiger partial charge in [-0.3, -0.25) is 0 Å². The number of hydrogen-bond donors (Lipinski definition) is 0. The topological polar surface area (TPSA) is 86.8 Å². The van der Waals surface area contributed by atoms with Crippen LogP contribution in [0.3, 0.4) is 0 Å². The fraction of sp³-hybridized carbons (Fsp3) is 0.184. The Hall–Kier alpha value is -12.8. The molecule has 16 rings (SSSR count). The van der Waals surface area contributed by atoms with Gasteiger partial charge in [0, 0.05) is 78.5 Å². The third kappa shape index (κ3) is 11.6. The van der Waals surface area contributed by atoms with Gasteiger partial charge in [-0.25, -0.2) is 0 Å². The van der Waals surface area contributed by atoms with Crippen molar-refractivity contribution in [3.8, 4) is 68.2 Å². The van der Waals surface area contributed by atoms with E-state index in [9.17, 15) is 0 Å². The molecule has 0 aromatic heterocycles. The Morgan fingerprint density at radius 1 is 0.209 bits per heavy atom. The fourth-order valence-corrected chi connectivity index (χ4v) is 18.1. The van der Waals surface area contributed by atoms with Crippen LogP contribution in [-0.2, 0) is 10.8 Å². The summed E-state index contributed by atoms with van der Waals surface area (Å²) in [5, 5.41) is 4.38. The minimum Gasteiger partial charge on any atom is -0.497 e. The van der Waals surface area contributed by atoms with Crippen molar-refractivity contribution in [2.24, 2.45) is 10.8 Å². The van der Waals surface area contributed by atoms with Crippen LogP contribution < -0.4 is 57.5 Å². The molecule has 2 aliphatic carbocycles. The van der Waals surface area contributed by atoms with Gasteiger partial charge in [0.2, 0.25) is 0 Å². The van der Waals surface area contributed by atoms with Crippen LogP contribution in [-0.4, -0.2) is 56.9 Å². The first-order valence-corrected chi connectivity index (χ1v) is 37.2. The second kappa shape index (κ2) is 28.4. The Kier molecular flexibility index (Phi) is 18.5. The van der Waals surface area contributed by atoms with Gasteiger partial charge in [0.25, 0.3) is 0 Å². The summed E-state index contributed by atoms with van der Waals surface area (Å²) in [6, 6.07) is 105. The predicted octanol–water partition coefficient (Wildman–Crippen LogP) is 25.3. The van der Waals surface area contributed by atoms with Gasteiger partial charge < -0.3 is 57.5 Å². The van der Waals surface area contributed by atoms with Crippen LogP contribution >= 0.6 is 0 Å². The highest BCUT2D eigenvalue weighted by Crippen LogP contribution is 2.77. The summed E-state index contributed by atoms with van der Waals surface area (Å²) in [6.07, 6.45) is 0. The number of rotatable bonds is 21. The number of fused-ring (bicyclic) bond motifs is 10. The molecule has 0 bridgehead atoms. The molecule has 12 heteroatoms. The zero-order chi connectivity index (χ0) is 76.4. The Morgan fingerprint density at radius 2 is 0.409 bits per heavy atom. The van der Waals surface area contributed by atoms with Crippen molar-refractivity contribution >= 4 is 89.8 Å². The Balaban J connectivity index is 1.13. The molecule has 0 heterocycles. The highest BCUT2D eigenvalue weighted by atomic mass is 16.5. The van der Waals surface area contributed by atoms with Gasteiger partial charge in [0.1, 0.15) is 46.0 Å². The number of methoxy groups -OCH3 is 8. The first-order valence-electron chi connectivity index (χ1n) is 37.2. The number of benzene rings is 14. The van der Waals surface area contributed by atoms with Crippen molar-refractivity contribution in [1.82, 2.24) is 0 Å². The van der Waals surface area contributed by atoms with E-state index in [0.29, 0.717) is 0 Å². The third-order valence-corrected chi connectivity index (χ3v) is 22.7. The summed E-state index contributed by atoms with van der Waals surface area (Å²) in [5.74, 6) is 6.05. The van der Waals surface area contributed by atoms with E-state index < -0.39 is 21.7 Å². The number of ether oxygens (including phenoxy) is 8. The van der Waals surface area contributed by atoms with Gasteiger partial charge >= 0.3 is 0 Å². The lowest BCUT2D eigenvalue weighted by Gasteiger charge is -2.62. The molecule has 12 nitrogen and oxygen atoms in total. The van der Waals surface area contributed by atoms with Crippen LogP contribution in [0.15, 0.2) is 291 Å². The largest absolute Gasteiger partial charge is 0.497 e. The molecule has 0 saturated carbocycles. The lowest BCUT2D eigenvalue weighted by Crippen LogP contribution is -2.62. The van der Waals surface area contributed by atoms with Crippen LogP contribution in [0.1, 0.15) is 63.8 Å². The van der Waals surface area contributed by atoms with E-state index in [1.165, 1.54) is 22.3 Å². The van der Waals surface area contributed by atoms with Crippen molar-refractivity contribution in [1.29, 1.82) is 0 Å². The molecular weight excluding hydrogens is 1360 g/mol. The molecule has 110 heavy (non-hydrogen) atoms. The Bertz CT molecular complexity index is 5170. The van der Waals surface area contributed by atoms with Crippen LogP contribution in [0.4, 0.5) is 68.2 Å². The monoisotopic (exact) mass is 1450 g/mol. The molecule has 2 aliphatic rings. The minimum absolute atomic E-state index is 0.729. The summed E-state index contributed by atoms with van der Waals surface area (Å²) in [5.41, 5.74) is 17.2. The van der Waals surface area contributed by atoms with Crippen molar-refractivity contribution < 1.29 is 37.9 Å². The Morgan fingerprint density at radius 3 is 0.618 bits per heavy atom. The standard InChI is InChI=1S/C98H90N4O8/c1-95(2,3)97(87-59-71(99(63-23-41-73(103-7)42-24-63)64-25-43-74(104-8)44-26-64)39-57-85(87)93-83-21-17-15-19-81(83)91(61-89(93)97)101(67-31-49-77(107-11)50-32-67)68-33-51-78(108-12)52-34-68)98(96(4,5)6)88-60-72(100(65-27-45-75(105-9)46-28-65)66-29-47-76(106-10)48-30-66)40-58-86(88)94-84-22-18-16-20-82(84)92(62-90(94)98)102(69-35-53-79(109-13)54-36-69)70-37-55-80(110-14)56-38-70/h15-62H,1-14H3. The molecule has 0 fully saturated rings. The molecular formula is C98H90N4O8. The molecule has 2 unspecified atom stereocenters. The van der Waals surface area contributed by atoms with Crippen molar-refractivity contribution in [2.45, 2.75) is 52.4 Å². The molecule has 550 valence electrons. The highest BCUT2D eigenvalue weighted by Gasteiger charge is 2.71. The van der Waals surface area contributed by atoms with Gasteiger partial charge in [-0.1, -0.05) is 102 Å². The number of hydrogen-bond acceptors (Lipinski definition) is 12. The molecule has 0 spiro atoms. The van der Waals surface area contributed by atoms with E-state index >= 15 is 0 Å². The van der Waals surface area contributed by atoms with Crippen LogP contribution in [0.25, 0.3) is 43.8 Å². The maximum absolute atomic E-state index is 5.92. The van der Waals surface area contributed by atoms with E-state index in [-0.39, 0.29) is 0 Å². The minimum atomic E-state index is -1.09. The molecule has 0 aliphatic heterocycles. The normalized spacial score (nSPS) is 14.7. The van der Waals surface area contributed by atoms with Gasteiger partial charge in [0.05, 0.1) is 68.3 Å². The lowest BCUT2D eigenvalue weighted by atomic mass is 9.39. The summed E-state index contributed by atoms with van der Waals surface area (Å²) in [7, 11) is 13.7. The van der Waals surface area contributed by atoms with E-state index in [1.54, 1.807) is 56.9 Å². The first-order chi connectivity index (χ1) is 53.4. The SMILES string of the molecule is COc1ccc(N(c2ccc(OC)cc2)c2ccc3c(c2)C(C(C)(C)C)(C2(C(C)(C)C)c4cc(N(c5ccc(OC)cc5)c5ccc(OC)cc5)ccc4-c4c2cc(N(c2ccc(OC)cc2)c2ccc(OC)cc2)c2ccccc42)c2cc(N(c4ccc(OC)cc4)c4ccc(OC)cc4)c4ccccc4c2-3)cc1. The van der Waals surface area contributed by atoms with Crippen molar-refractivity contribution in [3.05, 3.63) is 313 Å². The second-order valence-corrected chi connectivity index (χ2v) is 30.1. The third-order valence-electron chi connectivity index (χ3n) is 22.7. The molecule has 0 saturated heterocycles. The summed E-state index contributed by atoms with van der Waals surface area (Å²) < 4.78 is 47.2. The van der Waals surface area contributed by atoms with E-state index in [4.69, 9.17) is 37.9 Å². The van der Waals surface area contributed by atoms with Gasteiger partial charge in [-0.2, -0.15) is 0 Å². The van der Waals surface area contributed by atoms with E-state index in [2.05, 4.69) is 304 Å². The summed E-state index contributed by atoms with van der Waals surface area (Å²) >= 11 is 0. The first kappa shape index (κ1) is 71.5. The molecule has 2 atom stereocenters. The molecule has 0 N–H and O–H groups in total. The van der Waals surface area contributed by atoms with Gasteiger partial charge in [-0.15, -0.1) is 0 Å².